The molecule has 0 saturated carbocycles. The minimum Gasteiger partial charge on any atom is -0.743 e. The first kappa shape index (κ1) is 17.0. The summed E-state index contributed by atoms with van der Waals surface area (Å²) in [5, 5.41) is -4.64. The molecule has 5 nitrogen and oxygen atoms in total. The minimum atomic E-state index is -5.86. The first-order valence-electron chi connectivity index (χ1n) is 4.50. The van der Waals surface area contributed by atoms with Crippen molar-refractivity contribution >= 4 is 61.3 Å². The molecular weight excluding hydrogens is 512 g/mol. The van der Waals surface area contributed by atoms with Crippen molar-refractivity contribution in [2.45, 2.75) is 5.25 Å². The van der Waals surface area contributed by atoms with Crippen molar-refractivity contribution in [3.8, 4) is 0 Å². The quantitative estimate of drug-likeness (QED) is 0.348. The highest BCUT2D eigenvalue weighted by atomic mass is 127. The average molecular weight is 517 g/mol. The Morgan fingerprint density at radius 1 is 1.37 bits per heavy atom. The number of carbonyl (C=O) groups excluding carboxylic acids is 1. The van der Waals surface area contributed by atoms with Crippen LogP contribution in [0.5, 0.6) is 0 Å². The second-order valence-electron chi connectivity index (χ2n) is 3.29. The summed E-state index contributed by atoms with van der Waals surface area (Å²) in [6.45, 7) is -1.81. The summed E-state index contributed by atoms with van der Waals surface area (Å²) < 4.78 is 61.6. The zero-order valence-corrected chi connectivity index (χ0v) is 14.0. The first-order chi connectivity index (χ1) is 8.54. The molecule has 0 radical (unpaired) electrons. The number of hydrogen-bond donors (Lipinski definition) is 0. The largest absolute Gasteiger partial charge is 0.743 e. The molecule has 1 aromatic rings. The standard InChI is InChI=1S/C9H6F2I2O5S/c10-9(11,19(15,16)17)4-18-8(14)6-3-5(12)1-2-7(6)13/h1-3H,4H2,(H,15,16,17)/p-1. The molecule has 19 heavy (non-hydrogen) atoms. The molecule has 0 bridgehead atoms. The summed E-state index contributed by atoms with van der Waals surface area (Å²) in [6, 6.07) is 4.66. The van der Waals surface area contributed by atoms with Crippen molar-refractivity contribution in [2.24, 2.45) is 0 Å². The summed E-state index contributed by atoms with van der Waals surface area (Å²) in [6.07, 6.45) is 0. The number of alkyl halides is 2. The van der Waals surface area contributed by atoms with Gasteiger partial charge in [0.1, 0.15) is 0 Å². The molecule has 0 unspecified atom stereocenters. The number of carbonyl (C=O) groups is 1. The van der Waals surface area contributed by atoms with Crippen LogP contribution in [-0.2, 0) is 14.9 Å². The van der Waals surface area contributed by atoms with Gasteiger partial charge in [-0.15, -0.1) is 0 Å². The molecule has 1 aromatic carbocycles. The highest BCUT2D eigenvalue weighted by Crippen LogP contribution is 2.22. The molecular formula is C9H5F2I2O5S-. The molecule has 0 aliphatic heterocycles. The summed E-state index contributed by atoms with van der Waals surface area (Å²) in [4.78, 5) is 11.5. The molecule has 10 heteroatoms. The fraction of sp³-hybridized carbons (Fsp3) is 0.222. The van der Waals surface area contributed by atoms with Crippen molar-refractivity contribution in [3.05, 3.63) is 30.9 Å². The Labute approximate surface area is 134 Å². The molecule has 0 N–H and O–H groups in total. The average Bonchev–Trinajstić information content (AvgIpc) is 2.28. The van der Waals surface area contributed by atoms with Gasteiger partial charge in [0.25, 0.3) is 0 Å². The monoisotopic (exact) mass is 517 g/mol. The number of rotatable bonds is 4. The zero-order valence-electron chi connectivity index (χ0n) is 8.90. The normalized spacial score (nSPS) is 12.3. The van der Waals surface area contributed by atoms with Crippen molar-refractivity contribution in [1.82, 2.24) is 0 Å². The number of halogens is 4. The maximum Gasteiger partial charge on any atom is 0.367 e. The summed E-state index contributed by atoms with van der Waals surface area (Å²) in [7, 11) is -5.86. The van der Waals surface area contributed by atoms with E-state index in [1.807, 2.05) is 22.6 Å². The minimum absolute atomic E-state index is 0.0200. The summed E-state index contributed by atoms with van der Waals surface area (Å²) in [5.74, 6) is -1.12. The van der Waals surface area contributed by atoms with Crippen LogP contribution in [0.15, 0.2) is 18.2 Å². The third kappa shape index (κ3) is 4.46. The van der Waals surface area contributed by atoms with Gasteiger partial charge >= 0.3 is 11.2 Å². The van der Waals surface area contributed by atoms with Crippen LogP contribution in [0.4, 0.5) is 8.78 Å². The molecule has 0 aromatic heterocycles. The van der Waals surface area contributed by atoms with E-state index in [2.05, 4.69) is 4.74 Å². The Bertz CT molecular complexity index is 603. The highest BCUT2D eigenvalue weighted by Gasteiger charge is 2.39. The van der Waals surface area contributed by atoms with E-state index in [9.17, 15) is 26.5 Å². The molecule has 0 atom stereocenters. The van der Waals surface area contributed by atoms with E-state index in [1.165, 1.54) is 6.07 Å². The lowest BCUT2D eigenvalue weighted by atomic mass is 10.2. The van der Waals surface area contributed by atoms with Gasteiger partial charge in [0.05, 0.1) is 5.56 Å². The van der Waals surface area contributed by atoms with Crippen LogP contribution in [0.1, 0.15) is 10.4 Å². The maximum atomic E-state index is 12.8. The Kier molecular flexibility index (Phi) is 5.48. The summed E-state index contributed by atoms with van der Waals surface area (Å²) >= 11 is 3.71. The zero-order chi connectivity index (χ0) is 14.8. The highest BCUT2D eigenvalue weighted by molar-refractivity contribution is 14.1. The number of ether oxygens (including phenoxy) is 1. The van der Waals surface area contributed by atoms with Gasteiger partial charge in [-0.1, -0.05) is 0 Å². The predicted molar refractivity (Wildman–Crippen MR) is 76.8 cm³/mol. The maximum absolute atomic E-state index is 12.8. The van der Waals surface area contributed by atoms with Gasteiger partial charge in [0.2, 0.25) is 0 Å². The second kappa shape index (κ2) is 6.13. The van der Waals surface area contributed by atoms with E-state index in [0.29, 0.717) is 7.14 Å². The van der Waals surface area contributed by atoms with Crippen LogP contribution in [0, 0.1) is 7.14 Å². The molecule has 0 saturated heterocycles. The Balaban J connectivity index is 2.85. The van der Waals surface area contributed by atoms with E-state index < -0.39 is 27.9 Å². The smallest absolute Gasteiger partial charge is 0.367 e. The van der Waals surface area contributed by atoms with E-state index in [4.69, 9.17) is 0 Å². The van der Waals surface area contributed by atoms with Crippen LogP contribution >= 0.6 is 45.2 Å². The molecule has 0 aliphatic rings. The second-order valence-corrected chi connectivity index (χ2v) is 7.21. The molecule has 1 rings (SSSR count). The van der Waals surface area contributed by atoms with Crippen LogP contribution in [-0.4, -0.2) is 30.8 Å². The SMILES string of the molecule is O=C(OCC(F)(F)S(=O)(=O)[O-])c1cc(I)ccc1I. The van der Waals surface area contributed by atoms with Gasteiger partial charge in [-0.3, -0.25) is 0 Å². The number of benzene rings is 1. The van der Waals surface area contributed by atoms with Crippen LogP contribution < -0.4 is 0 Å². The van der Waals surface area contributed by atoms with E-state index in [0.717, 1.165) is 0 Å². The topological polar surface area (TPSA) is 83.5 Å². The fourth-order valence-electron chi connectivity index (χ4n) is 0.953. The van der Waals surface area contributed by atoms with Crippen molar-refractivity contribution in [2.75, 3.05) is 6.61 Å². The molecule has 0 heterocycles. The summed E-state index contributed by atoms with van der Waals surface area (Å²) in [5.41, 5.74) is 0.0200. The van der Waals surface area contributed by atoms with Crippen molar-refractivity contribution < 1.29 is 31.3 Å². The third-order valence-corrected chi connectivity index (χ3v) is 4.35. The number of esters is 1. The van der Waals surface area contributed by atoms with Gasteiger partial charge < -0.3 is 9.29 Å². The van der Waals surface area contributed by atoms with Crippen LogP contribution in [0.25, 0.3) is 0 Å². The Morgan fingerprint density at radius 2 is 1.95 bits per heavy atom. The van der Waals surface area contributed by atoms with Crippen molar-refractivity contribution in [3.63, 3.8) is 0 Å². The molecule has 0 spiro atoms. The molecule has 0 fully saturated rings. The van der Waals surface area contributed by atoms with Gasteiger partial charge in [-0.2, -0.15) is 8.78 Å². The van der Waals surface area contributed by atoms with E-state index in [-0.39, 0.29) is 5.56 Å². The van der Waals surface area contributed by atoms with Gasteiger partial charge in [-0.05, 0) is 63.4 Å². The van der Waals surface area contributed by atoms with Gasteiger partial charge in [0.15, 0.2) is 16.7 Å². The number of hydrogen-bond acceptors (Lipinski definition) is 5. The van der Waals surface area contributed by atoms with Gasteiger partial charge in [0, 0.05) is 7.14 Å². The predicted octanol–water partition coefficient (Wildman–Crippen LogP) is 2.19. The Hall–Kier alpha value is -0.0800. The molecule has 0 aliphatic carbocycles. The van der Waals surface area contributed by atoms with Crippen LogP contribution in [0.3, 0.4) is 0 Å². The van der Waals surface area contributed by atoms with Crippen LogP contribution in [0.2, 0.25) is 0 Å². The van der Waals surface area contributed by atoms with Crippen molar-refractivity contribution in [1.29, 1.82) is 0 Å². The lowest BCUT2D eigenvalue weighted by molar-refractivity contribution is -0.0100. The molecule has 106 valence electrons. The fourth-order valence-corrected chi connectivity index (χ4v) is 2.20. The lowest BCUT2D eigenvalue weighted by Gasteiger charge is -2.19. The first-order valence-corrected chi connectivity index (χ1v) is 8.06. The third-order valence-electron chi connectivity index (χ3n) is 1.89. The van der Waals surface area contributed by atoms with E-state index in [1.54, 1.807) is 34.7 Å². The van der Waals surface area contributed by atoms with E-state index >= 15 is 0 Å². The Morgan fingerprint density at radius 3 is 2.47 bits per heavy atom. The molecule has 0 amide bonds. The lowest BCUT2D eigenvalue weighted by Crippen LogP contribution is -2.34. The van der Waals surface area contributed by atoms with Gasteiger partial charge in [-0.25, -0.2) is 13.2 Å².